The molecule has 1 aromatic carbocycles. The van der Waals surface area contributed by atoms with E-state index >= 15 is 0 Å². The van der Waals surface area contributed by atoms with E-state index in [2.05, 4.69) is 5.10 Å². The van der Waals surface area contributed by atoms with Gasteiger partial charge in [-0.05, 0) is 44.0 Å². The lowest BCUT2D eigenvalue weighted by molar-refractivity contribution is 0.0713. The highest BCUT2D eigenvalue weighted by Gasteiger charge is 2.35. The highest BCUT2D eigenvalue weighted by Crippen LogP contribution is 2.31. The monoisotopic (exact) mass is 435 g/mol. The molecule has 6 nitrogen and oxygen atoms in total. The Morgan fingerprint density at radius 1 is 1.34 bits per heavy atom. The van der Waals surface area contributed by atoms with E-state index < -0.39 is 9.84 Å². The number of halogens is 1. The van der Waals surface area contributed by atoms with Gasteiger partial charge < -0.3 is 4.90 Å². The molecule has 1 amide bonds. The van der Waals surface area contributed by atoms with Crippen molar-refractivity contribution in [3.05, 3.63) is 52.3 Å². The molecule has 1 aliphatic rings. The molecule has 29 heavy (non-hydrogen) atoms. The van der Waals surface area contributed by atoms with E-state index in [1.54, 1.807) is 17.0 Å². The standard InChI is InChI=1S/C20H22FN3O3S2/c1-3-23(16-8-9-29(26,27)12-16)19(25)18-10-17-13(2)22-24(20(17)28-18)11-14-4-6-15(21)7-5-14/h4-7,10,16H,3,8-9,11-12H2,1-2H3. The van der Waals surface area contributed by atoms with Crippen LogP contribution in [0.2, 0.25) is 0 Å². The van der Waals surface area contributed by atoms with Crippen LogP contribution in [0.3, 0.4) is 0 Å². The first kappa shape index (κ1) is 20.0. The molecule has 1 fully saturated rings. The Bertz CT molecular complexity index is 1170. The quantitative estimate of drug-likeness (QED) is 0.617. The lowest BCUT2D eigenvalue weighted by atomic mass is 10.2. The molecule has 154 valence electrons. The van der Waals surface area contributed by atoms with E-state index in [-0.39, 0.29) is 29.3 Å². The van der Waals surface area contributed by atoms with Crippen molar-refractivity contribution in [3.8, 4) is 0 Å². The number of benzene rings is 1. The molecule has 0 N–H and O–H groups in total. The van der Waals surface area contributed by atoms with E-state index in [0.717, 1.165) is 21.5 Å². The maximum absolute atomic E-state index is 13.2. The normalized spacial score (nSPS) is 18.4. The SMILES string of the molecule is CCN(C(=O)c1cc2c(C)nn(Cc3ccc(F)cc3)c2s1)C1CCS(=O)(=O)C1. The van der Waals surface area contributed by atoms with Crippen LogP contribution in [-0.4, -0.2) is 53.1 Å². The van der Waals surface area contributed by atoms with E-state index in [9.17, 15) is 17.6 Å². The van der Waals surface area contributed by atoms with Gasteiger partial charge in [-0.1, -0.05) is 12.1 Å². The fourth-order valence-corrected chi connectivity index (χ4v) is 6.67. The highest BCUT2D eigenvalue weighted by atomic mass is 32.2. The summed E-state index contributed by atoms with van der Waals surface area (Å²) >= 11 is 1.36. The first-order chi connectivity index (χ1) is 13.8. The number of rotatable bonds is 5. The molecule has 0 aliphatic carbocycles. The molecule has 3 heterocycles. The third-order valence-corrected chi connectivity index (χ3v) is 8.20. The summed E-state index contributed by atoms with van der Waals surface area (Å²) < 4.78 is 38.7. The Hall–Kier alpha value is -2.26. The zero-order valence-corrected chi connectivity index (χ0v) is 17.9. The Morgan fingerprint density at radius 2 is 2.07 bits per heavy atom. The van der Waals surface area contributed by atoms with Crippen molar-refractivity contribution in [1.82, 2.24) is 14.7 Å². The summed E-state index contributed by atoms with van der Waals surface area (Å²) in [5, 5.41) is 5.47. The molecule has 2 aromatic heterocycles. The van der Waals surface area contributed by atoms with Crippen molar-refractivity contribution >= 4 is 37.3 Å². The van der Waals surface area contributed by atoms with Gasteiger partial charge in [-0.25, -0.2) is 12.8 Å². The molecular formula is C20H22FN3O3S2. The van der Waals surface area contributed by atoms with Crippen molar-refractivity contribution in [2.75, 3.05) is 18.1 Å². The maximum atomic E-state index is 13.2. The molecule has 1 aliphatic heterocycles. The average Bonchev–Trinajstić information content (AvgIpc) is 3.34. The first-order valence-electron chi connectivity index (χ1n) is 9.50. The topological polar surface area (TPSA) is 72.3 Å². The number of amides is 1. The number of carbonyl (C=O) groups excluding carboxylic acids is 1. The lowest BCUT2D eigenvalue weighted by Gasteiger charge is -2.26. The van der Waals surface area contributed by atoms with Gasteiger partial charge in [0.15, 0.2) is 9.84 Å². The van der Waals surface area contributed by atoms with Crippen molar-refractivity contribution in [2.45, 2.75) is 32.9 Å². The molecule has 0 bridgehead atoms. The predicted molar refractivity (Wildman–Crippen MR) is 112 cm³/mol. The summed E-state index contributed by atoms with van der Waals surface area (Å²) in [5.41, 5.74) is 1.74. The van der Waals surface area contributed by atoms with Crippen molar-refractivity contribution in [3.63, 3.8) is 0 Å². The second-order valence-electron chi connectivity index (χ2n) is 7.35. The number of fused-ring (bicyclic) bond motifs is 1. The zero-order valence-electron chi connectivity index (χ0n) is 16.3. The van der Waals surface area contributed by atoms with Crippen LogP contribution in [0, 0.1) is 12.7 Å². The van der Waals surface area contributed by atoms with Crippen molar-refractivity contribution in [1.29, 1.82) is 0 Å². The minimum atomic E-state index is -3.06. The molecule has 0 spiro atoms. The van der Waals surface area contributed by atoms with Crippen LogP contribution >= 0.6 is 11.3 Å². The summed E-state index contributed by atoms with van der Waals surface area (Å²) in [6.07, 6.45) is 0.490. The van der Waals surface area contributed by atoms with E-state index in [1.165, 1.54) is 23.5 Å². The van der Waals surface area contributed by atoms with E-state index in [4.69, 9.17) is 0 Å². The summed E-state index contributed by atoms with van der Waals surface area (Å²) in [4.78, 5) is 16.3. The zero-order chi connectivity index (χ0) is 20.8. The molecule has 3 aromatic rings. The summed E-state index contributed by atoms with van der Waals surface area (Å²) in [5.74, 6) is -0.245. The van der Waals surface area contributed by atoms with Gasteiger partial charge >= 0.3 is 0 Å². The number of thiophene rings is 1. The highest BCUT2D eigenvalue weighted by molar-refractivity contribution is 7.91. The molecule has 0 radical (unpaired) electrons. The van der Waals surface area contributed by atoms with Gasteiger partial charge in [0.1, 0.15) is 10.6 Å². The number of aryl methyl sites for hydroxylation is 1. The van der Waals surface area contributed by atoms with Gasteiger partial charge in [-0.3, -0.25) is 9.48 Å². The average molecular weight is 436 g/mol. The van der Waals surface area contributed by atoms with E-state index in [1.807, 2.05) is 24.6 Å². The van der Waals surface area contributed by atoms with Gasteiger partial charge in [0, 0.05) is 18.0 Å². The second kappa shape index (κ2) is 7.53. The third kappa shape index (κ3) is 3.93. The van der Waals surface area contributed by atoms with Gasteiger partial charge in [0.05, 0.1) is 28.6 Å². The number of carbonyl (C=O) groups is 1. The Labute approximate surface area is 172 Å². The fourth-order valence-electron chi connectivity index (χ4n) is 3.82. The Balaban J connectivity index is 1.63. The van der Waals surface area contributed by atoms with Crippen molar-refractivity contribution < 1.29 is 17.6 Å². The van der Waals surface area contributed by atoms with Crippen LogP contribution in [0.15, 0.2) is 30.3 Å². The fraction of sp³-hybridized carbons (Fsp3) is 0.400. The number of hydrogen-bond acceptors (Lipinski definition) is 5. The summed E-state index contributed by atoms with van der Waals surface area (Å²) in [6.45, 7) is 4.72. The minimum absolute atomic E-state index is 0.0366. The lowest BCUT2D eigenvalue weighted by Crippen LogP contribution is -2.40. The van der Waals surface area contributed by atoms with Crippen LogP contribution in [0.4, 0.5) is 4.39 Å². The van der Waals surface area contributed by atoms with Gasteiger partial charge in [0.25, 0.3) is 5.91 Å². The number of hydrogen-bond donors (Lipinski definition) is 0. The molecular weight excluding hydrogens is 413 g/mol. The summed E-state index contributed by atoms with van der Waals surface area (Å²) in [7, 11) is -3.06. The molecule has 4 rings (SSSR count). The largest absolute Gasteiger partial charge is 0.334 e. The molecule has 1 atom stereocenters. The van der Waals surface area contributed by atoms with Crippen LogP contribution in [0.1, 0.15) is 34.3 Å². The molecule has 9 heteroatoms. The number of aromatic nitrogens is 2. The minimum Gasteiger partial charge on any atom is -0.334 e. The van der Waals surface area contributed by atoms with Crippen LogP contribution < -0.4 is 0 Å². The van der Waals surface area contributed by atoms with Crippen LogP contribution in [0.25, 0.3) is 10.2 Å². The van der Waals surface area contributed by atoms with Crippen LogP contribution in [0.5, 0.6) is 0 Å². The van der Waals surface area contributed by atoms with Gasteiger partial charge in [-0.15, -0.1) is 11.3 Å². The second-order valence-corrected chi connectivity index (χ2v) is 10.6. The smallest absolute Gasteiger partial charge is 0.264 e. The van der Waals surface area contributed by atoms with Crippen molar-refractivity contribution in [2.24, 2.45) is 0 Å². The van der Waals surface area contributed by atoms with Gasteiger partial charge in [0.2, 0.25) is 0 Å². The Morgan fingerprint density at radius 3 is 2.69 bits per heavy atom. The van der Waals surface area contributed by atoms with Crippen LogP contribution in [-0.2, 0) is 16.4 Å². The third-order valence-electron chi connectivity index (χ3n) is 5.31. The molecule has 0 saturated carbocycles. The Kier molecular flexibility index (Phi) is 5.20. The van der Waals surface area contributed by atoms with Gasteiger partial charge in [-0.2, -0.15) is 5.10 Å². The predicted octanol–water partition coefficient (Wildman–Crippen LogP) is 3.24. The van der Waals surface area contributed by atoms with E-state index in [0.29, 0.717) is 24.4 Å². The first-order valence-corrected chi connectivity index (χ1v) is 12.1. The number of sulfone groups is 1. The molecule has 1 unspecified atom stereocenters. The number of nitrogens with zero attached hydrogens (tertiary/aromatic N) is 3. The summed E-state index contributed by atoms with van der Waals surface area (Å²) in [6, 6.07) is 7.86. The maximum Gasteiger partial charge on any atom is 0.264 e. The molecule has 1 saturated heterocycles.